The summed E-state index contributed by atoms with van der Waals surface area (Å²) in [6.45, 7) is -0.0372. The molecule has 0 fully saturated rings. The minimum atomic E-state index is -4.44. The maximum atomic E-state index is 12.4. The predicted molar refractivity (Wildman–Crippen MR) is 57.0 cm³/mol. The third-order valence-corrected chi connectivity index (χ3v) is 2.21. The summed E-state index contributed by atoms with van der Waals surface area (Å²) >= 11 is 0. The molecular weight excluding hydrogens is 248 g/mol. The molecule has 0 unspecified atom stereocenters. The smallest absolute Gasteiger partial charge is 0.304 e. The first-order chi connectivity index (χ1) is 6.47. The van der Waals surface area contributed by atoms with E-state index in [-0.39, 0.29) is 24.8 Å². The molecule has 1 rings (SSSR count). The molecule has 0 saturated heterocycles. The van der Waals surface area contributed by atoms with Crippen LogP contribution in [0.3, 0.4) is 0 Å². The summed E-state index contributed by atoms with van der Waals surface area (Å²) in [6, 6.07) is 5.35. The molecule has 1 N–H and O–H groups in total. The molecule has 0 atom stereocenters. The van der Waals surface area contributed by atoms with Crippen molar-refractivity contribution in [2.45, 2.75) is 0 Å². The summed E-state index contributed by atoms with van der Waals surface area (Å²) in [6.07, 6.45) is 0. The van der Waals surface area contributed by atoms with Crippen LogP contribution in [0, 0.1) is 5.82 Å². The zero-order valence-electron chi connectivity index (χ0n) is 7.61. The molecule has 7 heteroatoms. The van der Waals surface area contributed by atoms with Gasteiger partial charge in [0, 0.05) is 12.2 Å². The van der Waals surface area contributed by atoms with Gasteiger partial charge in [-0.05, 0) is 24.3 Å². The Balaban J connectivity index is 0.00000196. The van der Waals surface area contributed by atoms with Gasteiger partial charge >= 0.3 is 10.2 Å². The van der Waals surface area contributed by atoms with Crippen molar-refractivity contribution in [1.82, 2.24) is 0 Å². The minimum absolute atomic E-state index is 0. The largest absolute Gasteiger partial charge is 0.384 e. The van der Waals surface area contributed by atoms with Gasteiger partial charge in [0.15, 0.2) is 0 Å². The Morgan fingerprint density at radius 3 is 2.20 bits per heavy atom. The lowest BCUT2D eigenvalue weighted by atomic mass is 10.3. The zero-order chi connectivity index (χ0) is 10.6. The van der Waals surface area contributed by atoms with Gasteiger partial charge in [0.25, 0.3) is 0 Å². The molecule has 0 aliphatic carbocycles. The normalized spacial score (nSPS) is 10.5. The van der Waals surface area contributed by atoms with Crippen LogP contribution < -0.4 is 5.32 Å². The van der Waals surface area contributed by atoms with E-state index in [1.807, 2.05) is 0 Å². The molecule has 0 bridgehead atoms. The summed E-state index contributed by atoms with van der Waals surface area (Å²) in [4.78, 5) is 0. The van der Waals surface area contributed by atoms with Gasteiger partial charge in [0.2, 0.25) is 0 Å². The van der Waals surface area contributed by atoms with Crippen molar-refractivity contribution in [3.63, 3.8) is 0 Å². The topological polar surface area (TPSA) is 46.2 Å². The standard InChI is InChI=1S/C8H9F2NO2S.ClH/c9-7-1-3-8(4-2-7)11-5-6-14(10,12)13;/h1-4,11H,5-6H2;1H. The SMILES string of the molecule is Cl.O=S(=O)(F)CCNc1ccc(F)cc1. The van der Waals surface area contributed by atoms with Crippen molar-refractivity contribution in [3.05, 3.63) is 30.1 Å². The van der Waals surface area contributed by atoms with E-state index in [1.165, 1.54) is 24.3 Å². The summed E-state index contributed by atoms with van der Waals surface area (Å²) in [5.74, 6) is -0.974. The Morgan fingerprint density at radius 2 is 1.73 bits per heavy atom. The van der Waals surface area contributed by atoms with E-state index in [1.54, 1.807) is 0 Å². The van der Waals surface area contributed by atoms with Gasteiger partial charge < -0.3 is 5.32 Å². The lowest BCUT2D eigenvalue weighted by molar-refractivity contribution is 0.552. The first-order valence-electron chi connectivity index (χ1n) is 3.89. The molecule has 0 radical (unpaired) electrons. The fourth-order valence-corrected chi connectivity index (χ4v) is 1.23. The third-order valence-electron chi connectivity index (χ3n) is 1.52. The molecule has 15 heavy (non-hydrogen) atoms. The molecule has 3 nitrogen and oxygen atoms in total. The van der Waals surface area contributed by atoms with E-state index in [2.05, 4.69) is 5.32 Å². The minimum Gasteiger partial charge on any atom is -0.384 e. The molecule has 0 amide bonds. The number of benzene rings is 1. The number of nitrogens with one attached hydrogen (secondary N) is 1. The van der Waals surface area contributed by atoms with Crippen LogP contribution in [0.15, 0.2) is 24.3 Å². The van der Waals surface area contributed by atoms with Crippen molar-refractivity contribution < 1.29 is 16.7 Å². The van der Waals surface area contributed by atoms with E-state index in [4.69, 9.17) is 0 Å². The van der Waals surface area contributed by atoms with Gasteiger partial charge in [-0.25, -0.2) is 4.39 Å². The van der Waals surface area contributed by atoms with E-state index in [0.717, 1.165) is 0 Å². The molecule has 1 aromatic carbocycles. The van der Waals surface area contributed by atoms with E-state index in [9.17, 15) is 16.7 Å². The fourth-order valence-electron chi connectivity index (χ4n) is 0.885. The van der Waals surface area contributed by atoms with E-state index in [0.29, 0.717) is 5.69 Å². The Hall–Kier alpha value is -0.880. The van der Waals surface area contributed by atoms with E-state index >= 15 is 0 Å². The quantitative estimate of drug-likeness (QED) is 0.839. The van der Waals surface area contributed by atoms with Crippen molar-refractivity contribution in [3.8, 4) is 0 Å². The fraction of sp³-hybridized carbons (Fsp3) is 0.250. The van der Waals surface area contributed by atoms with Crippen LogP contribution in [-0.2, 0) is 10.2 Å². The van der Waals surface area contributed by atoms with Crippen LogP contribution >= 0.6 is 12.4 Å². The molecule has 86 valence electrons. The Morgan fingerprint density at radius 1 is 1.20 bits per heavy atom. The second-order valence-corrected chi connectivity index (χ2v) is 4.16. The third kappa shape index (κ3) is 6.24. The first-order valence-corrected chi connectivity index (χ1v) is 5.44. The summed E-state index contributed by atoms with van der Waals surface area (Å²) in [5, 5.41) is 2.64. The highest BCUT2D eigenvalue weighted by Crippen LogP contribution is 2.07. The molecule has 0 spiro atoms. The first kappa shape index (κ1) is 14.1. The molecule has 0 aliphatic heterocycles. The zero-order valence-corrected chi connectivity index (χ0v) is 9.25. The average Bonchev–Trinajstić information content (AvgIpc) is 2.06. The van der Waals surface area contributed by atoms with Gasteiger partial charge in [-0.1, -0.05) is 0 Å². The number of anilines is 1. The molecule has 0 aliphatic rings. The number of hydrogen-bond donors (Lipinski definition) is 1. The monoisotopic (exact) mass is 257 g/mol. The van der Waals surface area contributed by atoms with Crippen molar-refractivity contribution in [1.29, 1.82) is 0 Å². The maximum Gasteiger partial charge on any atom is 0.304 e. The van der Waals surface area contributed by atoms with Crippen molar-refractivity contribution in [2.24, 2.45) is 0 Å². The summed E-state index contributed by atoms with van der Waals surface area (Å²) < 4.78 is 44.7. The van der Waals surface area contributed by atoms with Crippen LogP contribution in [-0.4, -0.2) is 20.7 Å². The number of rotatable bonds is 4. The second kappa shape index (κ2) is 5.87. The average molecular weight is 258 g/mol. The molecule has 0 aromatic heterocycles. The predicted octanol–water partition coefficient (Wildman–Crippen LogP) is 1.96. The Bertz CT molecular complexity index is 394. The van der Waals surface area contributed by atoms with Crippen LogP contribution in [0.5, 0.6) is 0 Å². The molecular formula is C8H10ClF2NO2S. The van der Waals surface area contributed by atoms with Gasteiger partial charge in [-0.2, -0.15) is 8.42 Å². The summed E-state index contributed by atoms with van der Waals surface area (Å²) in [5.41, 5.74) is 0.551. The molecule has 0 saturated carbocycles. The van der Waals surface area contributed by atoms with Crippen molar-refractivity contribution in [2.75, 3.05) is 17.6 Å². The number of halogens is 3. The van der Waals surface area contributed by atoms with Gasteiger partial charge in [-0.15, -0.1) is 16.3 Å². The molecule has 1 aromatic rings. The highest BCUT2D eigenvalue weighted by Gasteiger charge is 2.05. The highest BCUT2D eigenvalue weighted by molar-refractivity contribution is 7.86. The second-order valence-electron chi connectivity index (χ2n) is 2.68. The van der Waals surface area contributed by atoms with E-state index < -0.39 is 16.0 Å². The van der Waals surface area contributed by atoms with Gasteiger partial charge in [0.05, 0.1) is 5.75 Å². The lowest BCUT2D eigenvalue weighted by Gasteiger charge is -2.03. The highest BCUT2D eigenvalue weighted by atomic mass is 35.5. The van der Waals surface area contributed by atoms with Crippen molar-refractivity contribution >= 4 is 28.3 Å². The maximum absolute atomic E-state index is 12.4. The Kier molecular flexibility index (Phi) is 5.53. The Labute approximate surface area is 93.1 Å². The molecule has 0 heterocycles. The number of hydrogen-bond acceptors (Lipinski definition) is 3. The summed E-state index contributed by atoms with van der Waals surface area (Å²) in [7, 11) is -4.44. The van der Waals surface area contributed by atoms with Crippen LogP contribution in [0.1, 0.15) is 0 Å². The van der Waals surface area contributed by atoms with Crippen LogP contribution in [0.25, 0.3) is 0 Å². The van der Waals surface area contributed by atoms with Crippen LogP contribution in [0.4, 0.5) is 14.0 Å². The van der Waals surface area contributed by atoms with Crippen LogP contribution in [0.2, 0.25) is 0 Å². The van der Waals surface area contributed by atoms with Gasteiger partial charge in [-0.3, -0.25) is 0 Å². The lowest BCUT2D eigenvalue weighted by Crippen LogP contribution is -2.11. The van der Waals surface area contributed by atoms with Gasteiger partial charge in [0.1, 0.15) is 5.82 Å².